The fourth-order valence-electron chi connectivity index (χ4n) is 2.64. The van der Waals surface area contributed by atoms with Crippen LogP contribution < -0.4 is 10.9 Å². The van der Waals surface area contributed by atoms with Gasteiger partial charge in [0.25, 0.3) is 5.56 Å². The molecule has 2 N–H and O–H groups in total. The van der Waals surface area contributed by atoms with Crippen LogP contribution in [0.25, 0.3) is 11.0 Å². The summed E-state index contributed by atoms with van der Waals surface area (Å²) in [4.78, 5) is 18.9. The molecule has 0 aliphatic heterocycles. The topological polar surface area (TPSA) is 75.6 Å². The number of alkyl halides is 3. The fourth-order valence-corrected chi connectivity index (χ4v) is 2.64. The number of hydrogen-bond acceptors (Lipinski definition) is 4. The van der Waals surface area contributed by atoms with Crippen molar-refractivity contribution in [3.05, 3.63) is 51.7 Å². The lowest BCUT2D eigenvalue weighted by molar-refractivity contribution is -0.138. The zero-order valence-electron chi connectivity index (χ0n) is 14.8. The molecule has 2 heterocycles. The average molecular weight is 383 g/mol. The van der Waals surface area contributed by atoms with Crippen molar-refractivity contribution < 1.29 is 17.6 Å². The Morgan fingerprint density at radius 1 is 1.22 bits per heavy atom. The monoisotopic (exact) mass is 383 g/mol. The highest BCUT2D eigenvalue weighted by Crippen LogP contribution is 2.32. The van der Waals surface area contributed by atoms with E-state index in [2.05, 4.69) is 20.4 Å². The Hall–Kier alpha value is -2.91. The van der Waals surface area contributed by atoms with Crippen molar-refractivity contribution in [3.63, 3.8) is 0 Å². The number of nitrogens with zero attached hydrogens (tertiary/aromatic N) is 3. The predicted octanol–water partition coefficient (Wildman–Crippen LogP) is 3.64. The van der Waals surface area contributed by atoms with E-state index in [1.54, 1.807) is 4.68 Å². The maximum atomic E-state index is 13.2. The molecule has 3 aromatic rings. The van der Waals surface area contributed by atoms with Gasteiger partial charge in [0.05, 0.1) is 17.3 Å². The zero-order chi connectivity index (χ0) is 20.0. The summed E-state index contributed by atoms with van der Waals surface area (Å²) in [6.45, 7) is 5.34. The van der Waals surface area contributed by atoms with E-state index >= 15 is 0 Å². The van der Waals surface area contributed by atoms with Crippen LogP contribution in [-0.4, -0.2) is 19.7 Å². The Bertz CT molecular complexity index is 1050. The van der Waals surface area contributed by atoms with Gasteiger partial charge < -0.3 is 5.32 Å². The lowest BCUT2D eigenvalue weighted by Crippen LogP contribution is -2.24. The van der Waals surface area contributed by atoms with Crippen LogP contribution in [0.1, 0.15) is 31.9 Å². The van der Waals surface area contributed by atoms with Gasteiger partial charge in [0.1, 0.15) is 11.2 Å². The molecule has 0 fully saturated rings. The summed E-state index contributed by atoms with van der Waals surface area (Å²) in [5.41, 5.74) is -1.86. The van der Waals surface area contributed by atoms with Gasteiger partial charge in [0.2, 0.25) is 5.95 Å². The molecular weight excluding hydrogens is 366 g/mol. The summed E-state index contributed by atoms with van der Waals surface area (Å²) >= 11 is 0. The molecule has 10 heteroatoms. The van der Waals surface area contributed by atoms with Crippen molar-refractivity contribution >= 4 is 17.0 Å². The molecule has 0 saturated carbocycles. The molecule has 3 rings (SSSR count). The van der Waals surface area contributed by atoms with Crippen LogP contribution in [0, 0.1) is 5.82 Å². The molecule has 144 valence electrons. The lowest BCUT2D eigenvalue weighted by atomic mass is 10.1. The van der Waals surface area contributed by atoms with Crippen LogP contribution in [-0.2, 0) is 18.3 Å². The van der Waals surface area contributed by atoms with Crippen molar-refractivity contribution in [1.29, 1.82) is 0 Å². The van der Waals surface area contributed by atoms with E-state index in [9.17, 15) is 22.4 Å². The smallest absolute Gasteiger partial charge is 0.352 e. The number of fused-ring (bicyclic) bond motifs is 1. The first kappa shape index (κ1) is 18.9. The quantitative estimate of drug-likeness (QED) is 0.677. The third-order valence-corrected chi connectivity index (χ3v) is 3.90. The second-order valence-corrected chi connectivity index (χ2v) is 7.03. The zero-order valence-corrected chi connectivity index (χ0v) is 14.8. The molecule has 2 aromatic heterocycles. The number of benzene rings is 1. The van der Waals surface area contributed by atoms with Crippen LogP contribution in [0.2, 0.25) is 0 Å². The Kier molecular flexibility index (Phi) is 4.44. The SMILES string of the molecule is CC(C)(C)n1ncc2c(=O)[nH]c(NCc3ccc(F)cc3C(F)(F)F)nc21. The van der Waals surface area contributed by atoms with Crippen molar-refractivity contribution in [3.8, 4) is 0 Å². The standard InChI is InChI=1S/C17H17F4N5O/c1-16(2,3)26-13-11(8-23-26)14(27)25-15(24-13)22-7-9-4-5-10(18)6-12(9)17(19,20)21/h4-6,8H,7H2,1-3H3,(H2,22,24,25,27). The Morgan fingerprint density at radius 2 is 1.93 bits per heavy atom. The van der Waals surface area contributed by atoms with Gasteiger partial charge in [-0.25, -0.2) is 9.07 Å². The minimum Gasteiger partial charge on any atom is -0.352 e. The van der Waals surface area contributed by atoms with Crippen molar-refractivity contribution in [2.75, 3.05) is 5.32 Å². The second-order valence-electron chi connectivity index (χ2n) is 7.03. The van der Waals surface area contributed by atoms with Crippen molar-refractivity contribution in [2.45, 2.75) is 39.0 Å². The third kappa shape index (κ3) is 3.79. The Balaban J connectivity index is 1.96. The van der Waals surface area contributed by atoms with E-state index in [1.165, 1.54) is 6.20 Å². The molecule has 0 aliphatic carbocycles. The van der Waals surface area contributed by atoms with E-state index in [4.69, 9.17) is 0 Å². The number of aromatic amines is 1. The minimum atomic E-state index is -4.70. The van der Waals surface area contributed by atoms with Crippen LogP contribution in [0.3, 0.4) is 0 Å². The molecular formula is C17H17F4N5O. The van der Waals surface area contributed by atoms with Gasteiger partial charge >= 0.3 is 6.18 Å². The number of anilines is 1. The summed E-state index contributed by atoms with van der Waals surface area (Å²) in [5, 5.41) is 7.09. The molecule has 6 nitrogen and oxygen atoms in total. The molecule has 0 bridgehead atoms. The molecule has 0 aliphatic rings. The van der Waals surface area contributed by atoms with E-state index in [0.29, 0.717) is 11.7 Å². The van der Waals surface area contributed by atoms with E-state index in [0.717, 1.165) is 12.1 Å². The van der Waals surface area contributed by atoms with Crippen LogP contribution in [0.15, 0.2) is 29.2 Å². The van der Waals surface area contributed by atoms with Gasteiger partial charge in [-0.05, 0) is 38.5 Å². The Morgan fingerprint density at radius 3 is 2.56 bits per heavy atom. The molecule has 0 unspecified atom stereocenters. The molecule has 0 radical (unpaired) electrons. The first-order valence-electron chi connectivity index (χ1n) is 8.05. The third-order valence-electron chi connectivity index (χ3n) is 3.90. The number of H-pyrrole nitrogens is 1. The van der Waals surface area contributed by atoms with Gasteiger partial charge in [0.15, 0.2) is 5.65 Å². The van der Waals surface area contributed by atoms with Gasteiger partial charge in [-0.2, -0.15) is 23.3 Å². The highest BCUT2D eigenvalue weighted by molar-refractivity contribution is 5.74. The van der Waals surface area contributed by atoms with Gasteiger partial charge in [-0.1, -0.05) is 6.07 Å². The Labute approximate surface area is 151 Å². The molecule has 0 amide bonds. The molecule has 27 heavy (non-hydrogen) atoms. The summed E-state index contributed by atoms with van der Waals surface area (Å²) in [7, 11) is 0. The number of hydrogen-bond donors (Lipinski definition) is 2. The summed E-state index contributed by atoms with van der Waals surface area (Å²) in [6, 6.07) is 2.42. The van der Waals surface area contributed by atoms with E-state index in [1.807, 2.05) is 20.8 Å². The number of halogens is 4. The normalized spacial score (nSPS) is 12.6. The van der Waals surface area contributed by atoms with Crippen LogP contribution >= 0.6 is 0 Å². The number of nitrogens with one attached hydrogen (secondary N) is 2. The molecule has 0 saturated heterocycles. The highest BCUT2D eigenvalue weighted by atomic mass is 19.4. The second kappa shape index (κ2) is 6.36. The number of aromatic nitrogens is 4. The van der Waals surface area contributed by atoms with Crippen LogP contribution in [0.5, 0.6) is 0 Å². The van der Waals surface area contributed by atoms with E-state index in [-0.39, 0.29) is 23.4 Å². The summed E-state index contributed by atoms with van der Waals surface area (Å²) in [5.74, 6) is -0.982. The minimum absolute atomic E-state index is 0.00375. The average Bonchev–Trinajstić information content (AvgIpc) is 2.97. The van der Waals surface area contributed by atoms with Gasteiger partial charge in [-0.3, -0.25) is 9.78 Å². The summed E-state index contributed by atoms with van der Waals surface area (Å²) < 4.78 is 54.0. The highest BCUT2D eigenvalue weighted by Gasteiger charge is 2.33. The lowest BCUT2D eigenvalue weighted by Gasteiger charge is -2.20. The first-order chi connectivity index (χ1) is 12.5. The molecule has 0 spiro atoms. The first-order valence-corrected chi connectivity index (χ1v) is 8.05. The van der Waals surface area contributed by atoms with Gasteiger partial charge in [0, 0.05) is 6.54 Å². The van der Waals surface area contributed by atoms with Crippen LogP contribution in [0.4, 0.5) is 23.5 Å². The van der Waals surface area contributed by atoms with Gasteiger partial charge in [-0.15, -0.1) is 0 Å². The van der Waals surface area contributed by atoms with Crippen molar-refractivity contribution in [1.82, 2.24) is 19.7 Å². The predicted molar refractivity (Wildman–Crippen MR) is 91.9 cm³/mol. The largest absolute Gasteiger partial charge is 0.416 e. The van der Waals surface area contributed by atoms with Crippen molar-refractivity contribution in [2.24, 2.45) is 0 Å². The fraction of sp³-hybridized carbons (Fsp3) is 0.353. The number of rotatable bonds is 3. The summed E-state index contributed by atoms with van der Waals surface area (Å²) in [6.07, 6.45) is -3.31. The maximum absolute atomic E-state index is 13.2. The molecule has 1 aromatic carbocycles. The maximum Gasteiger partial charge on any atom is 0.416 e. The van der Waals surface area contributed by atoms with E-state index < -0.39 is 28.7 Å². The molecule has 0 atom stereocenters.